The summed E-state index contributed by atoms with van der Waals surface area (Å²) in [7, 11) is 1.41. The number of hydrogen-bond acceptors (Lipinski definition) is 6. The van der Waals surface area contributed by atoms with Crippen molar-refractivity contribution in [3.8, 4) is 23.1 Å². The molecule has 1 N–H and O–H groups in total. The zero-order valence-electron chi connectivity index (χ0n) is 15.6. The maximum atomic E-state index is 12.3. The van der Waals surface area contributed by atoms with Crippen LogP contribution in [0.5, 0.6) is 5.75 Å². The number of nitrogens with zero attached hydrogens (tertiary/aromatic N) is 2. The van der Waals surface area contributed by atoms with E-state index in [1.165, 1.54) is 37.5 Å². The highest BCUT2D eigenvalue weighted by atomic mass is 35.5. The van der Waals surface area contributed by atoms with E-state index in [0.29, 0.717) is 16.5 Å². The molecule has 150 valence electrons. The van der Waals surface area contributed by atoms with Crippen LogP contribution in [0.15, 0.2) is 64.6 Å². The fourth-order valence-electron chi connectivity index (χ4n) is 2.60. The van der Waals surface area contributed by atoms with Crippen LogP contribution in [0.25, 0.3) is 17.4 Å². The quantitative estimate of drug-likeness (QED) is 0.256. The van der Waals surface area contributed by atoms with Crippen LogP contribution in [0.4, 0.5) is 11.4 Å². The van der Waals surface area contributed by atoms with Gasteiger partial charge in [0.2, 0.25) is 0 Å². The minimum atomic E-state index is -0.631. The number of methoxy groups -OCH3 is 1. The number of nitro benzene ring substituents is 1. The first kappa shape index (κ1) is 20.6. The summed E-state index contributed by atoms with van der Waals surface area (Å²) in [5.74, 6) is 0.111. The number of amides is 1. The average Bonchev–Trinajstić information content (AvgIpc) is 3.21. The minimum absolute atomic E-state index is 0.193. The monoisotopic (exact) mass is 423 g/mol. The van der Waals surface area contributed by atoms with Gasteiger partial charge < -0.3 is 14.5 Å². The van der Waals surface area contributed by atoms with Crippen molar-refractivity contribution in [2.75, 3.05) is 12.4 Å². The van der Waals surface area contributed by atoms with E-state index in [-0.39, 0.29) is 28.3 Å². The van der Waals surface area contributed by atoms with Crippen LogP contribution in [0, 0.1) is 21.4 Å². The third kappa shape index (κ3) is 4.66. The second-order valence-corrected chi connectivity index (χ2v) is 6.41. The molecule has 0 bridgehead atoms. The first-order valence-electron chi connectivity index (χ1n) is 8.52. The van der Waals surface area contributed by atoms with Gasteiger partial charge in [-0.25, -0.2) is 0 Å². The number of ether oxygens (including phenoxy) is 1. The predicted octanol–water partition coefficient (Wildman–Crippen LogP) is 5.06. The Morgan fingerprint density at radius 3 is 2.60 bits per heavy atom. The maximum Gasteiger partial charge on any atom is 0.284 e. The minimum Gasteiger partial charge on any atom is -0.497 e. The molecule has 0 fully saturated rings. The van der Waals surface area contributed by atoms with Gasteiger partial charge in [0.05, 0.1) is 23.7 Å². The molecule has 1 aromatic heterocycles. The van der Waals surface area contributed by atoms with E-state index < -0.39 is 10.8 Å². The van der Waals surface area contributed by atoms with Gasteiger partial charge in [0.25, 0.3) is 11.6 Å². The molecule has 0 aliphatic carbocycles. The van der Waals surface area contributed by atoms with E-state index in [9.17, 15) is 20.2 Å². The highest BCUT2D eigenvalue weighted by Gasteiger charge is 2.19. The second kappa shape index (κ2) is 8.94. The molecule has 3 rings (SSSR count). The van der Waals surface area contributed by atoms with Crippen LogP contribution in [0.3, 0.4) is 0 Å². The molecule has 9 heteroatoms. The van der Waals surface area contributed by atoms with E-state index in [1.807, 2.05) is 6.07 Å². The van der Waals surface area contributed by atoms with Gasteiger partial charge in [-0.3, -0.25) is 14.9 Å². The first-order chi connectivity index (χ1) is 14.4. The van der Waals surface area contributed by atoms with Gasteiger partial charge in [0.1, 0.15) is 28.9 Å². The zero-order chi connectivity index (χ0) is 21.7. The number of nitriles is 1. The van der Waals surface area contributed by atoms with Crippen LogP contribution in [0.1, 0.15) is 5.76 Å². The number of hydrogen-bond donors (Lipinski definition) is 1. The smallest absolute Gasteiger partial charge is 0.284 e. The Morgan fingerprint density at radius 1 is 1.23 bits per heavy atom. The lowest BCUT2D eigenvalue weighted by molar-refractivity contribution is -0.384. The zero-order valence-corrected chi connectivity index (χ0v) is 16.3. The Morgan fingerprint density at radius 2 is 1.97 bits per heavy atom. The van der Waals surface area contributed by atoms with E-state index in [4.69, 9.17) is 20.8 Å². The number of benzene rings is 2. The highest BCUT2D eigenvalue weighted by Crippen LogP contribution is 2.34. The van der Waals surface area contributed by atoms with Crippen LogP contribution < -0.4 is 10.1 Å². The Balaban J connectivity index is 1.87. The highest BCUT2D eigenvalue weighted by molar-refractivity contribution is 6.30. The summed E-state index contributed by atoms with van der Waals surface area (Å²) in [6.45, 7) is 0. The molecule has 1 amide bonds. The Kier molecular flexibility index (Phi) is 6.15. The number of anilines is 1. The molecular weight excluding hydrogens is 410 g/mol. The van der Waals surface area contributed by atoms with E-state index >= 15 is 0 Å². The van der Waals surface area contributed by atoms with Crippen molar-refractivity contribution in [2.24, 2.45) is 0 Å². The standard InChI is InChI=1S/C21H14ClN3O5/c1-29-16-6-8-18(19(11-16)25(27)28)20-9-7-17(30-20)10-13(12-23)21(26)24-15-4-2-14(22)3-5-15/h2-11H,1H3,(H,24,26)/b13-10+. The van der Waals surface area contributed by atoms with Crippen molar-refractivity contribution in [3.05, 3.63) is 81.1 Å². The van der Waals surface area contributed by atoms with Crippen molar-refractivity contribution in [2.45, 2.75) is 0 Å². The maximum absolute atomic E-state index is 12.3. The van der Waals surface area contributed by atoms with Gasteiger partial charge in [0.15, 0.2) is 0 Å². The summed E-state index contributed by atoms with van der Waals surface area (Å²) in [5.41, 5.74) is 0.319. The SMILES string of the molecule is COc1ccc(-c2ccc(/C=C(\C#N)C(=O)Nc3ccc(Cl)cc3)o2)c([N+](=O)[O-])c1. The fraction of sp³-hybridized carbons (Fsp3) is 0.0476. The van der Waals surface area contributed by atoms with Crippen LogP contribution in [0.2, 0.25) is 5.02 Å². The number of carbonyl (C=O) groups is 1. The molecule has 1 heterocycles. The molecule has 0 radical (unpaired) electrons. The number of carbonyl (C=O) groups excluding carboxylic acids is 1. The van der Waals surface area contributed by atoms with E-state index in [2.05, 4.69) is 5.32 Å². The molecule has 8 nitrogen and oxygen atoms in total. The van der Waals surface area contributed by atoms with Gasteiger partial charge in [-0.1, -0.05) is 11.6 Å². The molecule has 0 spiro atoms. The Labute approximate surface area is 176 Å². The van der Waals surface area contributed by atoms with E-state index in [1.54, 1.807) is 30.3 Å². The Bertz CT molecular complexity index is 1180. The molecule has 0 aliphatic rings. The molecule has 0 aliphatic heterocycles. The first-order valence-corrected chi connectivity index (χ1v) is 8.90. The van der Waals surface area contributed by atoms with Gasteiger partial charge >= 0.3 is 0 Å². The molecule has 0 atom stereocenters. The number of halogens is 1. The summed E-state index contributed by atoms with van der Waals surface area (Å²) in [4.78, 5) is 23.2. The normalized spacial score (nSPS) is 10.9. The Hall–Kier alpha value is -4.09. The molecule has 0 unspecified atom stereocenters. The average molecular weight is 424 g/mol. The number of furan rings is 1. The summed E-state index contributed by atoms with van der Waals surface area (Å²) in [5, 5.41) is 23.8. The molecule has 3 aromatic rings. The third-order valence-electron chi connectivity index (χ3n) is 4.05. The third-order valence-corrected chi connectivity index (χ3v) is 4.30. The van der Waals surface area contributed by atoms with Crippen molar-refractivity contribution in [1.29, 1.82) is 5.26 Å². The lowest BCUT2D eigenvalue weighted by Crippen LogP contribution is -2.13. The fourth-order valence-corrected chi connectivity index (χ4v) is 2.72. The molecule has 30 heavy (non-hydrogen) atoms. The molecule has 0 saturated carbocycles. The van der Waals surface area contributed by atoms with E-state index in [0.717, 1.165) is 0 Å². The lowest BCUT2D eigenvalue weighted by atomic mass is 10.1. The number of rotatable bonds is 6. The largest absolute Gasteiger partial charge is 0.497 e. The molecule has 0 saturated heterocycles. The predicted molar refractivity (Wildman–Crippen MR) is 111 cm³/mol. The summed E-state index contributed by atoms with van der Waals surface area (Å²) >= 11 is 5.81. The second-order valence-electron chi connectivity index (χ2n) is 5.97. The van der Waals surface area contributed by atoms with Gasteiger partial charge in [0, 0.05) is 16.8 Å². The summed E-state index contributed by atoms with van der Waals surface area (Å²) in [6.07, 6.45) is 1.25. The topological polar surface area (TPSA) is 118 Å². The van der Waals surface area contributed by atoms with Crippen LogP contribution in [-0.4, -0.2) is 17.9 Å². The van der Waals surface area contributed by atoms with Crippen LogP contribution in [-0.2, 0) is 4.79 Å². The lowest BCUT2D eigenvalue weighted by Gasteiger charge is -2.04. The summed E-state index contributed by atoms with van der Waals surface area (Å²) < 4.78 is 10.6. The van der Waals surface area contributed by atoms with Crippen molar-refractivity contribution < 1.29 is 18.9 Å². The van der Waals surface area contributed by atoms with Gasteiger partial charge in [-0.15, -0.1) is 0 Å². The number of nitro groups is 1. The van der Waals surface area contributed by atoms with Crippen molar-refractivity contribution in [3.63, 3.8) is 0 Å². The van der Waals surface area contributed by atoms with Gasteiger partial charge in [-0.05, 0) is 48.5 Å². The van der Waals surface area contributed by atoms with Crippen molar-refractivity contribution in [1.82, 2.24) is 0 Å². The van der Waals surface area contributed by atoms with Crippen LogP contribution >= 0.6 is 11.6 Å². The molecule has 2 aromatic carbocycles. The van der Waals surface area contributed by atoms with Crippen molar-refractivity contribution >= 4 is 35.0 Å². The molecular formula is C21H14ClN3O5. The number of nitrogens with one attached hydrogen (secondary N) is 1. The van der Waals surface area contributed by atoms with Gasteiger partial charge in [-0.2, -0.15) is 5.26 Å². The summed E-state index contributed by atoms with van der Waals surface area (Å²) in [6, 6.07) is 15.6.